The van der Waals surface area contributed by atoms with E-state index < -0.39 is 0 Å². The topological polar surface area (TPSA) is 51.2 Å². The van der Waals surface area contributed by atoms with Gasteiger partial charge in [0.2, 0.25) is 0 Å². The van der Waals surface area contributed by atoms with E-state index in [1.165, 1.54) is 11.3 Å². The van der Waals surface area contributed by atoms with Gasteiger partial charge >= 0.3 is 0 Å². The number of hydrogen-bond donors (Lipinski definition) is 1. The molecule has 2 aromatic carbocycles. The SMILES string of the molecule is Cc1ccc(-c2nc(NC(=O)COc3ccc(Cl)cc3Cl)sc2C)cc1Cl. The van der Waals surface area contributed by atoms with Crippen molar-refractivity contribution in [1.82, 2.24) is 4.98 Å². The molecule has 0 aliphatic heterocycles. The smallest absolute Gasteiger partial charge is 0.264 e. The van der Waals surface area contributed by atoms with E-state index in [-0.39, 0.29) is 12.5 Å². The van der Waals surface area contributed by atoms with Crippen LogP contribution in [-0.2, 0) is 4.79 Å². The van der Waals surface area contributed by atoms with Gasteiger partial charge in [-0.3, -0.25) is 10.1 Å². The number of carbonyl (C=O) groups excluding carboxylic acids is 1. The number of nitrogens with zero attached hydrogens (tertiary/aromatic N) is 1. The predicted octanol–water partition coefficient (Wildman–Crippen LogP) is 6.40. The number of halogens is 3. The molecule has 8 heteroatoms. The van der Waals surface area contributed by atoms with Gasteiger partial charge in [0, 0.05) is 20.5 Å². The van der Waals surface area contributed by atoms with Crippen molar-refractivity contribution in [2.24, 2.45) is 0 Å². The fraction of sp³-hybridized carbons (Fsp3) is 0.158. The van der Waals surface area contributed by atoms with Crippen molar-refractivity contribution >= 4 is 57.2 Å². The van der Waals surface area contributed by atoms with Crippen molar-refractivity contribution < 1.29 is 9.53 Å². The van der Waals surface area contributed by atoms with Crippen LogP contribution in [0.1, 0.15) is 10.4 Å². The molecule has 0 aliphatic carbocycles. The molecule has 0 radical (unpaired) electrons. The van der Waals surface area contributed by atoms with Crippen LogP contribution in [-0.4, -0.2) is 17.5 Å². The minimum Gasteiger partial charge on any atom is -0.482 e. The Balaban J connectivity index is 1.67. The molecular formula is C19H15Cl3N2O2S. The second-order valence-electron chi connectivity index (χ2n) is 5.80. The van der Waals surface area contributed by atoms with E-state index in [9.17, 15) is 4.79 Å². The lowest BCUT2D eigenvalue weighted by Gasteiger charge is -2.07. The quantitative estimate of drug-likeness (QED) is 0.498. The van der Waals surface area contributed by atoms with Crippen LogP contribution in [0.15, 0.2) is 36.4 Å². The third-order valence-corrected chi connectivity index (χ3v) is 5.56. The highest BCUT2D eigenvalue weighted by atomic mass is 35.5. The first kappa shape index (κ1) is 20.0. The molecule has 0 bridgehead atoms. The average molecular weight is 442 g/mol. The Morgan fingerprint density at radius 3 is 2.59 bits per heavy atom. The van der Waals surface area contributed by atoms with Crippen LogP contribution in [0.3, 0.4) is 0 Å². The fourth-order valence-electron chi connectivity index (χ4n) is 2.35. The van der Waals surface area contributed by atoms with Gasteiger partial charge in [-0.1, -0.05) is 46.9 Å². The van der Waals surface area contributed by atoms with Gasteiger partial charge in [0.25, 0.3) is 5.91 Å². The summed E-state index contributed by atoms with van der Waals surface area (Å²) in [7, 11) is 0. The van der Waals surface area contributed by atoms with Crippen LogP contribution in [0.2, 0.25) is 15.1 Å². The number of carbonyl (C=O) groups is 1. The molecule has 0 fully saturated rings. The normalized spacial score (nSPS) is 10.7. The van der Waals surface area contributed by atoms with E-state index in [4.69, 9.17) is 39.5 Å². The highest BCUT2D eigenvalue weighted by molar-refractivity contribution is 7.16. The fourth-order valence-corrected chi connectivity index (χ4v) is 3.84. The largest absolute Gasteiger partial charge is 0.482 e. The molecule has 1 amide bonds. The molecule has 3 rings (SSSR count). The Hall–Kier alpha value is -1.79. The molecule has 140 valence electrons. The highest BCUT2D eigenvalue weighted by Gasteiger charge is 2.14. The summed E-state index contributed by atoms with van der Waals surface area (Å²) >= 11 is 19.5. The van der Waals surface area contributed by atoms with Crippen molar-refractivity contribution in [2.75, 3.05) is 11.9 Å². The summed E-state index contributed by atoms with van der Waals surface area (Å²) in [6, 6.07) is 10.6. The first-order valence-electron chi connectivity index (χ1n) is 7.95. The Morgan fingerprint density at radius 1 is 1.11 bits per heavy atom. The van der Waals surface area contributed by atoms with Crippen LogP contribution in [0.5, 0.6) is 5.75 Å². The number of thiazole rings is 1. The van der Waals surface area contributed by atoms with E-state index in [1.807, 2.05) is 32.0 Å². The lowest BCUT2D eigenvalue weighted by molar-refractivity contribution is -0.118. The Labute approximate surface area is 176 Å². The predicted molar refractivity (Wildman–Crippen MR) is 113 cm³/mol. The minimum atomic E-state index is -0.330. The van der Waals surface area contributed by atoms with Gasteiger partial charge in [-0.2, -0.15) is 0 Å². The van der Waals surface area contributed by atoms with Gasteiger partial charge in [0.15, 0.2) is 11.7 Å². The monoisotopic (exact) mass is 440 g/mol. The third-order valence-electron chi connectivity index (χ3n) is 3.74. The van der Waals surface area contributed by atoms with Gasteiger partial charge in [-0.05, 0) is 43.7 Å². The molecule has 27 heavy (non-hydrogen) atoms. The van der Waals surface area contributed by atoms with Gasteiger partial charge in [0.05, 0.1) is 10.7 Å². The van der Waals surface area contributed by atoms with Crippen LogP contribution in [0.25, 0.3) is 11.3 Å². The van der Waals surface area contributed by atoms with Gasteiger partial charge in [0.1, 0.15) is 5.75 Å². The molecule has 1 N–H and O–H groups in total. The number of benzene rings is 2. The lowest BCUT2D eigenvalue weighted by atomic mass is 10.1. The number of aromatic nitrogens is 1. The zero-order valence-electron chi connectivity index (χ0n) is 14.5. The molecule has 0 spiro atoms. The number of ether oxygens (including phenoxy) is 1. The second kappa shape index (κ2) is 8.48. The van der Waals surface area contributed by atoms with Crippen molar-refractivity contribution in [3.63, 3.8) is 0 Å². The van der Waals surface area contributed by atoms with Crippen LogP contribution < -0.4 is 10.1 Å². The van der Waals surface area contributed by atoms with E-state index in [1.54, 1.807) is 18.2 Å². The maximum atomic E-state index is 12.2. The standard InChI is InChI=1S/C19H15Cl3N2O2S/c1-10-3-4-12(7-14(10)21)18-11(2)27-19(24-18)23-17(25)9-26-16-6-5-13(20)8-15(16)22/h3-8H,9H2,1-2H3,(H,23,24,25). The molecule has 0 atom stereocenters. The number of rotatable bonds is 5. The van der Waals surface area contributed by atoms with E-state index in [0.29, 0.717) is 25.9 Å². The second-order valence-corrected chi connectivity index (χ2v) is 8.25. The van der Waals surface area contributed by atoms with Crippen molar-refractivity contribution in [3.8, 4) is 17.0 Å². The Kier molecular flexibility index (Phi) is 6.27. The lowest BCUT2D eigenvalue weighted by Crippen LogP contribution is -2.20. The summed E-state index contributed by atoms with van der Waals surface area (Å²) in [5.74, 6) is 0.0600. The van der Waals surface area contributed by atoms with Gasteiger partial charge < -0.3 is 4.74 Å². The average Bonchev–Trinajstić information content (AvgIpc) is 2.96. The molecule has 0 unspecified atom stereocenters. The van der Waals surface area contributed by atoms with Crippen molar-refractivity contribution in [3.05, 3.63) is 61.9 Å². The molecule has 3 aromatic rings. The molecule has 0 aliphatic rings. The Morgan fingerprint density at radius 2 is 1.89 bits per heavy atom. The van der Waals surface area contributed by atoms with E-state index in [0.717, 1.165) is 21.7 Å². The van der Waals surface area contributed by atoms with Crippen LogP contribution >= 0.6 is 46.1 Å². The van der Waals surface area contributed by atoms with Crippen LogP contribution in [0.4, 0.5) is 5.13 Å². The first-order valence-corrected chi connectivity index (χ1v) is 9.90. The molecule has 1 heterocycles. The molecule has 0 saturated heterocycles. The molecule has 1 aromatic heterocycles. The molecule has 0 saturated carbocycles. The summed E-state index contributed by atoms with van der Waals surface area (Å²) in [4.78, 5) is 17.6. The maximum Gasteiger partial charge on any atom is 0.264 e. The first-order chi connectivity index (χ1) is 12.8. The number of anilines is 1. The van der Waals surface area contributed by atoms with Gasteiger partial charge in [-0.15, -0.1) is 11.3 Å². The van der Waals surface area contributed by atoms with Crippen molar-refractivity contribution in [2.45, 2.75) is 13.8 Å². The molecular weight excluding hydrogens is 427 g/mol. The van der Waals surface area contributed by atoms with Gasteiger partial charge in [-0.25, -0.2) is 4.98 Å². The third kappa shape index (κ3) is 4.93. The summed E-state index contributed by atoms with van der Waals surface area (Å²) in [5.41, 5.74) is 2.70. The minimum absolute atomic E-state index is 0.189. The number of aryl methyl sites for hydroxylation is 2. The van der Waals surface area contributed by atoms with E-state index >= 15 is 0 Å². The summed E-state index contributed by atoms with van der Waals surface area (Å²) in [6.07, 6.45) is 0. The Bertz CT molecular complexity index is 1000. The summed E-state index contributed by atoms with van der Waals surface area (Å²) in [5, 5.41) is 4.76. The summed E-state index contributed by atoms with van der Waals surface area (Å²) < 4.78 is 5.43. The molecule has 4 nitrogen and oxygen atoms in total. The maximum absolute atomic E-state index is 12.2. The van der Waals surface area contributed by atoms with E-state index in [2.05, 4.69) is 10.3 Å². The zero-order valence-corrected chi connectivity index (χ0v) is 17.6. The summed E-state index contributed by atoms with van der Waals surface area (Å²) in [6.45, 7) is 3.70. The number of amides is 1. The van der Waals surface area contributed by atoms with Crippen LogP contribution in [0, 0.1) is 13.8 Å². The van der Waals surface area contributed by atoms with Crippen molar-refractivity contribution in [1.29, 1.82) is 0 Å². The number of hydrogen-bond acceptors (Lipinski definition) is 4. The highest BCUT2D eigenvalue weighted by Crippen LogP contribution is 2.32. The number of nitrogens with one attached hydrogen (secondary N) is 1. The zero-order chi connectivity index (χ0) is 19.6.